The van der Waals surface area contributed by atoms with Crippen LogP contribution in [0.15, 0.2) is 40.5 Å². The van der Waals surface area contributed by atoms with E-state index in [9.17, 15) is 9.59 Å². The first kappa shape index (κ1) is 21.4. The van der Waals surface area contributed by atoms with E-state index in [1.54, 1.807) is 11.7 Å². The third-order valence-corrected chi connectivity index (χ3v) is 6.50. The van der Waals surface area contributed by atoms with Crippen molar-refractivity contribution < 1.29 is 9.53 Å². The van der Waals surface area contributed by atoms with Crippen LogP contribution in [0, 0.1) is 11.8 Å². The summed E-state index contributed by atoms with van der Waals surface area (Å²) in [6.45, 7) is 6.22. The number of anilines is 1. The quantitative estimate of drug-likeness (QED) is 0.635. The Morgan fingerprint density at radius 3 is 2.77 bits per heavy atom. The highest BCUT2D eigenvalue weighted by Gasteiger charge is 2.28. The van der Waals surface area contributed by atoms with Crippen LogP contribution in [0.1, 0.15) is 26.7 Å². The van der Waals surface area contributed by atoms with Crippen molar-refractivity contribution in [3.8, 4) is 11.4 Å². The molecule has 0 aliphatic carbocycles. The van der Waals surface area contributed by atoms with Gasteiger partial charge in [0.25, 0.3) is 5.56 Å². The molecule has 1 aliphatic heterocycles. The summed E-state index contributed by atoms with van der Waals surface area (Å²) in [5.41, 5.74) is 1.35. The summed E-state index contributed by atoms with van der Waals surface area (Å²) >= 11 is 1.40. The number of methoxy groups -OCH3 is 1. The van der Waals surface area contributed by atoms with E-state index in [-0.39, 0.29) is 17.4 Å². The zero-order valence-electron chi connectivity index (χ0n) is 18.1. The molecule has 164 valence electrons. The number of rotatable bonds is 6. The van der Waals surface area contributed by atoms with Gasteiger partial charge in [-0.2, -0.15) is 0 Å². The minimum atomic E-state index is -0.0833. The van der Waals surface area contributed by atoms with Crippen molar-refractivity contribution in [3.63, 3.8) is 0 Å². The first-order valence-corrected chi connectivity index (χ1v) is 11.5. The van der Waals surface area contributed by atoms with Gasteiger partial charge in [-0.1, -0.05) is 19.9 Å². The fourth-order valence-electron chi connectivity index (χ4n) is 3.89. The molecule has 1 saturated heterocycles. The standard InChI is InChI=1S/C23H28N4O3S/c1-15(2)14-24-21(28)16-7-10-26(11-8-16)23-25-19-9-12-31-20(19)22(29)27(23)17-5-4-6-18(13-17)30-3/h4-6,9,12-13,15-16H,7-8,10-11,14H2,1-3H3,(H,24,28). The molecule has 7 nitrogen and oxygen atoms in total. The molecule has 0 unspecified atom stereocenters. The normalized spacial score (nSPS) is 14.9. The van der Waals surface area contributed by atoms with E-state index < -0.39 is 0 Å². The van der Waals surface area contributed by atoms with Crippen LogP contribution in [-0.2, 0) is 4.79 Å². The van der Waals surface area contributed by atoms with E-state index in [1.165, 1.54) is 11.3 Å². The number of aromatic nitrogens is 2. The van der Waals surface area contributed by atoms with Gasteiger partial charge in [-0.15, -0.1) is 11.3 Å². The number of amides is 1. The van der Waals surface area contributed by atoms with Crippen LogP contribution in [0.5, 0.6) is 5.75 Å². The van der Waals surface area contributed by atoms with Crippen molar-refractivity contribution in [3.05, 3.63) is 46.1 Å². The van der Waals surface area contributed by atoms with E-state index in [0.29, 0.717) is 47.5 Å². The predicted molar refractivity (Wildman–Crippen MR) is 125 cm³/mol. The molecular formula is C23H28N4O3S. The topological polar surface area (TPSA) is 76.5 Å². The molecule has 3 heterocycles. The molecule has 0 bridgehead atoms. The molecular weight excluding hydrogens is 412 g/mol. The highest BCUT2D eigenvalue weighted by molar-refractivity contribution is 7.17. The lowest BCUT2D eigenvalue weighted by molar-refractivity contribution is -0.125. The Morgan fingerprint density at radius 2 is 2.06 bits per heavy atom. The molecule has 1 N–H and O–H groups in total. The van der Waals surface area contributed by atoms with Crippen molar-refractivity contribution in [2.24, 2.45) is 11.8 Å². The number of thiophene rings is 1. The molecule has 0 atom stereocenters. The Kier molecular flexibility index (Phi) is 6.27. The van der Waals surface area contributed by atoms with E-state index in [2.05, 4.69) is 24.1 Å². The number of hydrogen-bond donors (Lipinski definition) is 1. The van der Waals surface area contributed by atoms with Gasteiger partial charge in [-0.25, -0.2) is 9.55 Å². The molecule has 1 aliphatic rings. The summed E-state index contributed by atoms with van der Waals surface area (Å²) < 4.78 is 7.66. The van der Waals surface area contributed by atoms with E-state index in [4.69, 9.17) is 9.72 Å². The number of nitrogens with zero attached hydrogens (tertiary/aromatic N) is 3. The number of benzene rings is 1. The lowest BCUT2D eigenvalue weighted by Gasteiger charge is -2.33. The van der Waals surface area contributed by atoms with Crippen LogP contribution >= 0.6 is 11.3 Å². The number of carbonyl (C=O) groups excluding carboxylic acids is 1. The first-order valence-electron chi connectivity index (χ1n) is 10.6. The summed E-state index contributed by atoms with van der Waals surface area (Å²) in [6, 6.07) is 9.34. The van der Waals surface area contributed by atoms with Gasteiger partial charge in [-0.3, -0.25) is 9.59 Å². The van der Waals surface area contributed by atoms with Gasteiger partial charge in [0.2, 0.25) is 11.9 Å². The van der Waals surface area contributed by atoms with E-state index in [0.717, 1.165) is 18.5 Å². The number of carbonyl (C=O) groups is 1. The second kappa shape index (κ2) is 9.09. The molecule has 2 aromatic heterocycles. The highest BCUT2D eigenvalue weighted by Crippen LogP contribution is 2.27. The molecule has 8 heteroatoms. The molecule has 1 fully saturated rings. The number of nitrogens with one attached hydrogen (secondary N) is 1. The molecule has 4 rings (SSSR count). The zero-order valence-corrected chi connectivity index (χ0v) is 18.9. The summed E-state index contributed by atoms with van der Waals surface area (Å²) in [5, 5.41) is 4.94. The second-order valence-corrected chi connectivity index (χ2v) is 9.21. The Hall–Kier alpha value is -2.87. The summed E-state index contributed by atoms with van der Waals surface area (Å²) in [6.07, 6.45) is 1.47. The third kappa shape index (κ3) is 4.44. The number of piperidine rings is 1. The Balaban J connectivity index is 1.65. The van der Waals surface area contributed by atoms with Crippen LogP contribution in [0.3, 0.4) is 0 Å². The third-order valence-electron chi connectivity index (χ3n) is 5.61. The Labute approximate surface area is 185 Å². The minimum Gasteiger partial charge on any atom is -0.497 e. The highest BCUT2D eigenvalue weighted by atomic mass is 32.1. The average molecular weight is 441 g/mol. The van der Waals surface area contributed by atoms with Crippen molar-refractivity contribution in [1.29, 1.82) is 0 Å². The lowest BCUT2D eigenvalue weighted by Crippen LogP contribution is -2.43. The lowest BCUT2D eigenvalue weighted by atomic mass is 9.96. The van der Waals surface area contributed by atoms with E-state index >= 15 is 0 Å². The van der Waals surface area contributed by atoms with Crippen molar-refractivity contribution in [2.45, 2.75) is 26.7 Å². The fraction of sp³-hybridized carbons (Fsp3) is 0.435. The molecule has 1 amide bonds. The minimum absolute atomic E-state index is 0.00290. The maximum atomic E-state index is 13.4. The molecule has 1 aromatic carbocycles. The van der Waals surface area contributed by atoms with Gasteiger partial charge in [0, 0.05) is 31.6 Å². The van der Waals surface area contributed by atoms with Gasteiger partial charge < -0.3 is 15.0 Å². The smallest absolute Gasteiger partial charge is 0.277 e. The predicted octanol–water partition coefficient (Wildman–Crippen LogP) is 3.44. The number of fused-ring (bicyclic) bond motifs is 1. The largest absolute Gasteiger partial charge is 0.497 e. The van der Waals surface area contributed by atoms with Gasteiger partial charge in [0.1, 0.15) is 10.4 Å². The molecule has 31 heavy (non-hydrogen) atoms. The SMILES string of the molecule is COc1cccc(-n2c(N3CCC(C(=O)NCC(C)C)CC3)nc3ccsc3c2=O)c1. The zero-order chi connectivity index (χ0) is 22.0. The maximum absolute atomic E-state index is 13.4. The summed E-state index contributed by atoms with van der Waals surface area (Å²) in [5.74, 6) is 1.85. The van der Waals surface area contributed by atoms with Crippen molar-refractivity contribution in [1.82, 2.24) is 14.9 Å². The molecule has 0 saturated carbocycles. The van der Waals surface area contributed by atoms with Crippen LogP contribution < -0.4 is 20.5 Å². The fourth-order valence-corrected chi connectivity index (χ4v) is 4.65. The van der Waals surface area contributed by atoms with Crippen LogP contribution in [0.25, 0.3) is 15.9 Å². The molecule has 0 spiro atoms. The van der Waals surface area contributed by atoms with E-state index in [1.807, 2.05) is 35.7 Å². The second-order valence-electron chi connectivity index (χ2n) is 8.29. The monoisotopic (exact) mass is 440 g/mol. The molecule has 3 aromatic rings. The van der Waals surface area contributed by atoms with Crippen LogP contribution in [0.2, 0.25) is 0 Å². The summed E-state index contributed by atoms with van der Waals surface area (Å²) in [4.78, 5) is 32.8. The Morgan fingerprint density at radius 1 is 1.29 bits per heavy atom. The van der Waals surface area contributed by atoms with Gasteiger partial charge >= 0.3 is 0 Å². The van der Waals surface area contributed by atoms with Gasteiger partial charge in [-0.05, 0) is 42.3 Å². The average Bonchev–Trinajstić information content (AvgIpc) is 3.26. The van der Waals surface area contributed by atoms with Crippen LogP contribution in [-0.4, -0.2) is 42.2 Å². The Bertz CT molecular complexity index is 1130. The number of hydrogen-bond acceptors (Lipinski definition) is 6. The van der Waals surface area contributed by atoms with Gasteiger partial charge in [0.05, 0.1) is 18.3 Å². The van der Waals surface area contributed by atoms with Crippen LogP contribution in [0.4, 0.5) is 5.95 Å². The van der Waals surface area contributed by atoms with Crippen molar-refractivity contribution in [2.75, 3.05) is 31.6 Å². The maximum Gasteiger partial charge on any atom is 0.277 e. The van der Waals surface area contributed by atoms with Crippen molar-refractivity contribution >= 4 is 33.4 Å². The number of ether oxygens (including phenoxy) is 1. The molecule has 0 radical (unpaired) electrons. The van der Waals surface area contributed by atoms with Gasteiger partial charge in [0.15, 0.2) is 0 Å². The first-order chi connectivity index (χ1) is 15.0. The summed E-state index contributed by atoms with van der Waals surface area (Å²) in [7, 11) is 1.61.